The summed E-state index contributed by atoms with van der Waals surface area (Å²) in [6, 6.07) is 18.5. The molecule has 4 rings (SSSR count). The van der Waals surface area contributed by atoms with Gasteiger partial charge in [-0.1, -0.05) is 66.2 Å². The molecule has 1 atom stereocenters. The van der Waals surface area contributed by atoms with Gasteiger partial charge in [-0.05, 0) is 54.2 Å². The van der Waals surface area contributed by atoms with Gasteiger partial charge in [0.15, 0.2) is 0 Å². The number of carboxylic acids is 1. The van der Waals surface area contributed by atoms with Crippen LogP contribution in [0.4, 0.5) is 10.5 Å². The Balaban J connectivity index is 1.45. The number of carboxylic acid groups (broad SMARTS) is 1. The van der Waals surface area contributed by atoms with Crippen LogP contribution in [0, 0.1) is 20.8 Å². The van der Waals surface area contributed by atoms with Crippen LogP contribution in [0.1, 0.15) is 40.2 Å². The van der Waals surface area contributed by atoms with E-state index in [-0.39, 0.29) is 12.5 Å². The number of carbonyl (C=O) groups is 3. The Kier molecular flexibility index (Phi) is 6.87. The summed E-state index contributed by atoms with van der Waals surface area (Å²) in [6.07, 6.45) is -1.41. The molecule has 0 saturated carbocycles. The summed E-state index contributed by atoms with van der Waals surface area (Å²) >= 11 is 0. The second-order valence-corrected chi connectivity index (χ2v) is 8.88. The SMILES string of the molecule is Cc1cc(C)c(NC(=O)C(CC(=O)O)NC(=O)OCC2c3ccccc3-c3ccccc32)c(C)c1. The monoisotopic (exact) mass is 472 g/mol. The Morgan fingerprint density at radius 1 is 0.914 bits per heavy atom. The average molecular weight is 473 g/mol. The van der Waals surface area contributed by atoms with E-state index >= 15 is 0 Å². The van der Waals surface area contributed by atoms with Gasteiger partial charge < -0.3 is 20.5 Å². The summed E-state index contributed by atoms with van der Waals surface area (Å²) in [6.45, 7) is 5.75. The number of carbonyl (C=O) groups excluding carboxylic acids is 2. The van der Waals surface area contributed by atoms with Crippen molar-refractivity contribution in [1.29, 1.82) is 0 Å². The summed E-state index contributed by atoms with van der Waals surface area (Å²) in [4.78, 5) is 37.0. The highest BCUT2D eigenvalue weighted by molar-refractivity contribution is 5.99. The molecule has 3 aromatic carbocycles. The van der Waals surface area contributed by atoms with Gasteiger partial charge >= 0.3 is 12.1 Å². The first-order valence-electron chi connectivity index (χ1n) is 11.5. The summed E-state index contributed by atoms with van der Waals surface area (Å²) in [5, 5.41) is 14.5. The van der Waals surface area contributed by atoms with E-state index in [1.165, 1.54) is 0 Å². The third-order valence-electron chi connectivity index (χ3n) is 6.26. The quantitative estimate of drug-likeness (QED) is 0.452. The topological polar surface area (TPSA) is 105 Å². The number of hydrogen-bond acceptors (Lipinski definition) is 4. The molecule has 0 saturated heterocycles. The van der Waals surface area contributed by atoms with Crippen molar-refractivity contribution in [2.75, 3.05) is 11.9 Å². The molecule has 7 heteroatoms. The maximum Gasteiger partial charge on any atom is 0.407 e. The van der Waals surface area contributed by atoms with Crippen LogP contribution in [0.5, 0.6) is 0 Å². The average Bonchev–Trinajstić information content (AvgIpc) is 3.13. The van der Waals surface area contributed by atoms with Crippen molar-refractivity contribution >= 4 is 23.7 Å². The Morgan fingerprint density at radius 2 is 1.46 bits per heavy atom. The van der Waals surface area contributed by atoms with Gasteiger partial charge in [-0.15, -0.1) is 0 Å². The standard InChI is InChI=1S/C28H28N2O5/c1-16-12-17(2)26(18(3)13-16)30-27(33)24(14-25(31)32)29-28(34)35-15-23-21-10-6-4-8-19(21)20-9-5-7-11-22(20)23/h4-13,23-24H,14-15H2,1-3H3,(H,29,34)(H,30,33)(H,31,32). The second kappa shape index (κ2) is 10.0. The van der Waals surface area contributed by atoms with Crippen LogP contribution in [-0.2, 0) is 14.3 Å². The highest BCUT2D eigenvalue weighted by atomic mass is 16.5. The van der Waals surface area contributed by atoms with Crippen LogP contribution >= 0.6 is 0 Å². The lowest BCUT2D eigenvalue weighted by Crippen LogP contribution is -2.45. The van der Waals surface area contributed by atoms with E-state index in [0.29, 0.717) is 5.69 Å². The predicted octanol–water partition coefficient (Wildman–Crippen LogP) is 4.93. The fraction of sp³-hybridized carbons (Fsp3) is 0.250. The largest absolute Gasteiger partial charge is 0.481 e. The van der Waals surface area contributed by atoms with Gasteiger partial charge in [-0.25, -0.2) is 4.79 Å². The first kappa shape index (κ1) is 24.0. The lowest BCUT2D eigenvalue weighted by molar-refractivity contribution is -0.139. The number of amides is 2. The summed E-state index contributed by atoms with van der Waals surface area (Å²) in [7, 11) is 0. The molecule has 1 aliphatic rings. The third kappa shape index (κ3) is 5.19. The van der Waals surface area contributed by atoms with Gasteiger partial charge in [0.05, 0.1) is 6.42 Å². The van der Waals surface area contributed by atoms with Crippen molar-refractivity contribution in [3.05, 3.63) is 88.5 Å². The molecule has 3 N–H and O–H groups in total. The zero-order valence-corrected chi connectivity index (χ0v) is 19.9. The zero-order valence-electron chi connectivity index (χ0n) is 19.9. The molecule has 7 nitrogen and oxygen atoms in total. The van der Waals surface area contributed by atoms with Gasteiger partial charge in [0.2, 0.25) is 5.91 Å². The highest BCUT2D eigenvalue weighted by Crippen LogP contribution is 2.44. The predicted molar refractivity (Wildman–Crippen MR) is 134 cm³/mol. The molecule has 1 unspecified atom stereocenters. The molecule has 180 valence electrons. The number of hydrogen-bond donors (Lipinski definition) is 3. The van der Waals surface area contributed by atoms with E-state index in [9.17, 15) is 19.5 Å². The smallest absolute Gasteiger partial charge is 0.407 e. The fourth-order valence-electron chi connectivity index (χ4n) is 4.75. The van der Waals surface area contributed by atoms with Gasteiger partial charge in [0, 0.05) is 11.6 Å². The Bertz CT molecular complexity index is 1230. The van der Waals surface area contributed by atoms with Gasteiger partial charge in [0.1, 0.15) is 12.6 Å². The zero-order chi connectivity index (χ0) is 25.1. The summed E-state index contributed by atoms with van der Waals surface area (Å²) in [5.41, 5.74) is 7.69. The molecule has 2 amide bonds. The van der Waals surface area contributed by atoms with Crippen molar-refractivity contribution in [3.8, 4) is 11.1 Å². The molecule has 0 fully saturated rings. The number of aliphatic carboxylic acids is 1. The fourth-order valence-corrected chi connectivity index (χ4v) is 4.75. The Hall–Kier alpha value is -4.13. The molecule has 0 spiro atoms. The number of aryl methyl sites for hydroxylation is 3. The number of rotatable bonds is 7. The van der Waals surface area contributed by atoms with Gasteiger partial charge in [-0.3, -0.25) is 9.59 Å². The van der Waals surface area contributed by atoms with E-state index in [1.54, 1.807) is 0 Å². The minimum atomic E-state index is -1.29. The molecule has 35 heavy (non-hydrogen) atoms. The third-order valence-corrected chi connectivity index (χ3v) is 6.26. The normalized spacial score (nSPS) is 12.9. The van der Waals surface area contributed by atoms with Crippen LogP contribution in [0.15, 0.2) is 60.7 Å². The van der Waals surface area contributed by atoms with Crippen molar-refractivity contribution in [3.63, 3.8) is 0 Å². The van der Waals surface area contributed by atoms with Crippen LogP contribution < -0.4 is 10.6 Å². The second-order valence-electron chi connectivity index (χ2n) is 8.88. The van der Waals surface area contributed by atoms with Crippen molar-refractivity contribution in [2.24, 2.45) is 0 Å². The molecule has 1 aliphatic carbocycles. The van der Waals surface area contributed by atoms with Crippen LogP contribution in [-0.4, -0.2) is 35.7 Å². The van der Waals surface area contributed by atoms with Crippen LogP contribution in [0.3, 0.4) is 0 Å². The maximum atomic E-state index is 12.9. The van der Waals surface area contributed by atoms with E-state index in [4.69, 9.17) is 4.74 Å². The van der Waals surface area contributed by atoms with Crippen LogP contribution in [0.2, 0.25) is 0 Å². The van der Waals surface area contributed by atoms with Crippen molar-refractivity contribution < 1.29 is 24.2 Å². The van der Waals surface area contributed by atoms with Gasteiger partial charge in [-0.2, -0.15) is 0 Å². The molecule has 0 bridgehead atoms. The first-order chi connectivity index (χ1) is 16.7. The van der Waals surface area contributed by atoms with E-state index < -0.39 is 30.4 Å². The lowest BCUT2D eigenvalue weighted by Gasteiger charge is -2.20. The minimum absolute atomic E-state index is 0.0669. The molecule has 0 heterocycles. The number of anilines is 1. The number of fused-ring (bicyclic) bond motifs is 3. The molecule has 0 aromatic heterocycles. The number of benzene rings is 3. The van der Waals surface area contributed by atoms with E-state index in [1.807, 2.05) is 81.4 Å². The minimum Gasteiger partial charge on any atom is -0.481 e. The Labute approximate surface area is 204 Å². The molecular formula is C28H28N2O5. The molecule has 0 aliphatic heterocycles. The number of ether oxygens (including phenoxy) is 1. The number of alkyl carbamates (subject to hydrolysis) is 1. The molecule has 0 radical (unpaired) electrons. The Morgan fingerprint density at radius 3 is 2.00 bits per heavy atom. The van der Waals surface area contributed by atoms with Crippen molar-refractivity contribution in [2.45, 2.75) is 39.2 Å². The maximum absolute atomic E-state index is 12.9. The highest BCUT2D eigenvalue weighted by Gasteiger charge is 2.30. The van der Waals surface area contributed by atoms with Crippen LogP contribution in [0.25, 0.3) is 11.1 Å². The first-order valence-corrected chi connectivity index (χ1v) is 11.5. The van der Waals surface area contributed by atoms with Gasteiger partial charge in [0.25, 0.3) is 0 Å². The molecule has 3 aromatic rings. The van der Waals surface area contributed by atoms with Crippen molar-refractivity contribution in [1.82, 2.24) is 5.32 Å². The summed E-state index contributed by atoms with van der Waals surface area (Å²) in [5.74, 6) is -1.96. The van der Waals surface area contributed by atoms with E-state index in [0.717, 1.165) is 38.9 Å². The molecular weight excluding hydrogens is 444 g/mol. The lowest BCUT2D eigenvalue weighted by atomic mass is 9.98. The van der Waals surface area contributed by atoms with E-state index in [2.05, 4.69) is 10.6 Å². The summed E-state index contributed by atoms with van der Waals surface area (Å²) < 4.78 is 5.49. The number of nitrogens with one attached hydrogen (secondary N) is 2.